The number of thioether (sulfide) groups is 1. The van der Waals surface area contributed by atoms with Crippen molar-refractivity contribution in [3.63, 3.8) is 0 Å². The number of para-hydroxylation sites is 2. The number of benzene rings is 2. The second-order valence-corrected chi connectivity index (χ2v) is 12.9. The van der Waals surface area contributed by atoms with E-state index in [9.17, 15) is 19.5 Å². The van der Waals surface area contributed by atoms with E-state index in [0.29, 0.717) is 36.8 Å². The number of hydrogen-bond acceptors (Lipinski definition) is 5. The van der Waals surface area contributed by atoms with Gasteiger partial charge in [-0.2, -0.15) is 0 Å². The van der Waals surface area contributed by atoms with Crippen LogP contribution in [-0.2, 0) is 14.4 Å². The highest BCUT2D eigenvalue weighted by Crippen LogP contribution is 2.61. The minimum atomic E-state index is -0.871. The fourth-order valence-electron chi connectivity index (χ4n) is 6.85. The second-order valence-electron chi connectivity index (χ2n) is 11.0. The number of aliphatic hydroxyl groups is 1. The summed E-state index contributed by atoms with van der Waals surface area (Å²) in [6.45, 7) is 1.34. The van der Waals surface area contributed by atoms with Gasteiger partial charge >= 0.3 is 0 Å². The molecule has 0 radical (unpaired) electrons. The number of nitrogens with zero attached hydrogens (tertiary/aromatic N) is 3. The molecule has 1 unspecified atom stereocenters. The van der Waals surface area contributed by atoms with E-state index in [0.717, 1.165) is 24.9 Å². The van der Waals surface area contributed by atoms with E-state index in [1.807, 2.05) is 66.8 Å². The van der Waals surface area contributed by atoms with Gasteiger partial charge in [0.2, 0.25) is 11.8 Å². The highest BCUT2D eigenvalue weighted by Gasteiger charge is 2.71. The number of amides is 3. The number of carbonyl (C=O) groups is 3. The third-order valence-corrected chi connectivity index (χ3v) is 10.7. The molecule has 5 atom stereocenters. The van der Waals surface area contributed by atoms with Gasteiger partial charge in [0.15, 0.2) is 0 Å². The number of likely N-dealkylation sites (tertiary alicyclic amines) is 1. The predicted molar refractivity (Wildman–Crippen MR) is 163 cm³/mol. The van der Waals surface area contributed by atoms with Gasteiger partial charge in [-0.25, -0.2) is 0 Å². The van der Waals surface area contributed by atoms with Crippen LogP contribution in [0.1, 0.15) is 25.7 Å². The highest BCUT2D eigenvalue weighted by atomic mass is 35.5. The number of halogens is 1. The molecule has 214 valence electrons. The Bertz CT molecular complexity index is 1380. The number of carbonyl (C=O) groups excluding carboxylic acids is 3. The van der Waals surface area contributed by atoms with Crippen molar-refractivity contribution in [2.24, 2.45) is 11.8 Å². The van der Waals surface area contributed by atoms with Gasteiger partial charge in [0.25, 0.3) is 5.91 Å². The molecule has 6 rings (SSSR count). The van der Waals surface area contributed by atoms with Gasteiger partial charge in [-0.3, -0.25) is 14.4 Å². The number of aliphatic hydroxyl groups excluding tert-OH is 1. The Kier molecular flexibility index (Phi) is 7.99. The molecule has 1 spiro atoms. The molecule has 9 heteroatoms. The summed E-state index contributed by atoms with van der Waals surface area (Å²) in [5.74, 6) is -1.63. The number of anilines is 2. The SMILES string of the molecule is O=C1[C@@H]2[C@H]3C(=O)N(CCCCCCO)C4C(=O)N(c5ccccc5Cl)CC=C[C@@]43S[C@@H]2C=CCN1c1ccccc1. The van der Waals surface area contributed by atoms with Crippen LogP contribution in [-0.4, -0.2) is 70.0 Å². The van der Waals surface area contributed by atoms with Crippen molar-refractivity contribution in [3.8, 4) is 0 Å². The van der Waals surface area contributed by atoms with Crippen LogP contribution in [0, 0.1) is 11.8 Å². The largest absolute Gasteiger partial charge is 0.396 e. The Morgan fingerprint density at radius 1 is 0.854 bits per heavy atom. The molecule has 0 bridgehead atoms. The topological polar surface area (TPSA) is 81.2 Å². The summed E-state index contributed by atoms with van der Waals surface area (Å²) >= 11 is 8.14. The Hall–Kier alpha value is -3.07. The Morgan fingerprint density at radius 3 is 2.37 bits per heavy atom. The lowest BCUT2D eigenvalue weighted by Crippen LogP contribution is -2.53. The summed E-state index contributed by atoms with van der Waals surface area (Å²) in [5.41, 5.74) is 1.41. The number of unbranched alkanes of at least 4 members (excludes halogenated alkanes) is 3. The van der Waals surface area contributed by atoms with Crippen LogP contribution in [0.5, 0.6) is 0 Å². The van der Waals surface area contributed by atoms with Crippen LogP contribution in [0.15, 0.2) is 78.9 Å². The smallest absolute Gasteiger partial charge is 0.251 e. The van der Waals surface area contributed by atoms with Gasteiger partial charge in [-0.1, -0.05) is 79.1 Å². The monoisotopic (exact) mass is 591 g/mol. The zero-order valence-corrected chi connectivity index (χ0v) is 24.3. The van der Waals surface area contributed by atoms with Gasteiger partial charge in [0.05, 0.1) is 27.3 Å². The maximum atomic E-state index is 14.5. The van der Waals surface area contributed by atoms with Crippen LogP contribution in [0.2, 0.25) is 5.02 Å². The molecule has 4 aliphatic rings. The van der Waals surface area contributed by atoms with Crippen molar-refractivity contribution < 1.29 is 19.5 Å². The molecule has 2 aromatic rings. The van der Waals surface area contributed by atoms with Crippen molar-refractivity contribution in [2.45, 2.75) is 41.7 Å². The first kappa shape index (κ1) is 28.1. The molecule has 2 aromatic carbocycles. The van der Waals surface area contributed by atoms with Gasteiger partial charge in [0.1, 0.15) is 6.04 Å². The van der Waals surface area contributed by atoms with Gasteiger partial charge in [-0.15, -0.1) is 11.8 Å². The summed E-state index contributed by atoms with van der Waals surface area (Å²) in [5, 5.41) is 9.45. The summed E-state index contributed by atoms with van der Waals surface area (Å²) in [7, 11) is 0. The molecule has 2 saturated heterocycles. The number of rotatable bonds is 8. The molecule has 0 aliphatic carbocycles. The fourth-order valence-corrected chi connectivity index (χ4v) is 9.10. The van der Waals surface area contributed by atoms with Crippen LogP contribution in [0.4, 0.5) is 11.4 Å². The molecule has 0 aromatic heterocycles. The lowest BCUT2D eigenvalue weighted by molar-refractivity contribution is -0.138. The van der Waals surface area contributed by atoms with E-state index in [-0.39, 0.29) is 29.6 Å². The lowest BCUT2D eigenvalue weighted by atomic mass is 9.78. The molecule has 4 aliphatic heterocycles. The van der Waals surface area contributed by atoms with Gasteiger partial charge in [0, 0.05) is 37.2 Å². The molecule has 3 amide bonds. The second kappa shape index (κ2) is 11.7. The molecule has 4 heterocycles. The molecule has 2 fully saturated rings. The zero-order chi connectivity index (χ0) is 28.6. The minimum Gasteiger partial charge on any atom is -0.396 e. The Labute approximate surface area is 249 Å². The van der Waals surface area contributed by atoms with Crippen molar-refractivity contribution >= 4 is 52.5 Å². The highest BCUT2D eigenvalue weighted by molar-refractivity contribution is 8.02. The summed E-state index contributed by atoms with van der Waals surface area (Å²) < 4.78 is -0.871. The Balaban J connectivity index is 1.40. The minimum absolute atomic E-state index is 0.0782. The molecular formula is C32H34ClN3O4S. The first-order chi connectivity index (χ1) is 20.0. The summed E-state index contributed by atoms with van der Waals surface area (Å²) in [6, 6.07) is 16.1. The molecular weight excluding hydrogens is 558 g/mol. The number of hydrogen-bond donors (Lipinski definition) is 1. The van der Waals surface area contributed by atoms with Crippen LogP contribution in [0.3, 0.4) is 0 Å². The van der Waals surface area contributed by atoms with Gasteiger partial charge in [-0.05, 0) is 37.1 Å². The first-order valence-corrected chi connectivity index (χ1v) is 15.6. The molecule has 0 saturated carbocycles. The maximum absolute atomic E-state index is 14.5. The van der Waals surface area contributed by atoms with Crippen molar-refractivity contribution in [3.05, 3.63) is 83.9 Å². The van der Waals surface area contributed by atoms with E-state index in [1.165, 1.54) is 0 Å². The quantitative estimate of drug-likeness (QED) is 0.356. The average molecular weight is 592 g/mol. The third kappa shape index (κ3) is 4.80. The predicted octanol–water partition coefficient (Wildman–Crippen LogP) is 4.70. The summed E-state index contributed by atoms with van der Waals surface area (Å²) in [4.78, 5) is 48.4. The van der Waals surface area contributed by atoms with Gasteiger partial charge < -0.3 is 19.8 Å². The van der Waals surface area contributed by atoms with Crippen molar-refractivity contribution in [2.75, 3.05) is 36.0 Å². The lowest BCUT2D eigenvalue weighted by Gasteiger charge is -2.35. The normalized spacial score (nSPS) is 28.9. The average Bonchev–Trinajstić information content (AvgIpc) is 3.29. The van der Waals surface area contributed by atoms with E-state index in [2.05, 4.69) is 6.08 Å². The fraction of sp³-hybridized carbons (Fsp3) is 0.406. The van der Waals surface area contributed by atoms with Crippen LogP contribution >= 0.6 is 23.4 Å². The van der Waals surface area contributed by atoms with Crippen molar-refractivity contribution in [1.29, 1.82) is 0 Å². The van der Waals surface area contributed by atoms with E-state index in [1.54, 1.807) is 32.5 Å². The van der Waals surface area contributed by atoms with E-state index in [4.69, 9.17) is 11.6 Å². The maximum Gasteiger partial charge on any atom is 0.251 e. The van der Waals surface area contributed by atoms with E-state index >= 15 is 0 Å². The standard InChI is InChI=1S/C32H34ClN3O4S/c33-23-14-6-7-15-24(23)35-20-11-17-32-27(30(39)36(28(32)31(35)40)18-8-1-2-9-21-37)26-25(41-32)16-10-19-34(29(26)38)22-12-4-3-5-13-22/h3-7,10-17,25-28,37H,1-2,8-9,18-21H2/t25-,26+,27+,28?,32+/m1/s1. The molecule has 7 nitrogen and oxygen atoms in total. The summed E-state index contributed by atoms with van der Waals surface area (Å²) in [6.07, 6.45) is 11.2. The zero-order valence-electron chi connectivity index (χ0n) is 22.8. The molecule has 41 heavy (non-hydrogen) atoms. The van der Waals surface area contributed by atoms with Crippen LogP contribution in [0.25, 0.3) is 0 Å². The third-order valence-electron chi connectivity index (χ3n) is 8.68. The van der Waals surface area contributed by atoms with Crippen molar-refractivity contribution in [1.82, 2.24) is 4.90 Å². The number of fused-ring (bicyclic) bond motifs is 2. The molecule has 1 N–H and O–H groups in total. The van der Waals surface area contributed by atoms with Crippen LogP contribution < -0.4 is 9.80 Å². The first-order valence-electron chi connectivity index (χ1n) is 14.3. The Morgan fingerprint density at radius 2 is 1.59 bits per heavy atom. The van der Waals surface area contributed by atoms with E-state index < -0.39 is 22.6 Å².